The van der Waals surface area contributed by atoms with E-state index in [2.05, 4.69) is 51.4 Å². The number of piperidine rings is 1. The number of aromatic nitrogens is 4. The summed E-state index contributed by atoms with van der Waals surface area (Å²) in [6.07, 6.45) is -2.86. The van der Waals surface area contributed by atoms with Gasteiger partial charge in [0.2, 0.25) is 11.8 Å². The first kappa shape index (κ1) is 49.2. The fourth-order valence-corrected chi connectivity index (χ4v) is 11.7. The molecule has 13 nitrogen and oxygen atoms in total. The lowest BCUT2D eigenvalue weighted by Crippen LogP contribution is -2.53. The molecule has 0 bridgehead atoms. The van der Waals surface area contributed by atoms with Crippen molar-refractivity contribution in [3.63, 3.8) is 0 Å². The normalized spacial score (nSPS) is 16.8. The second-order valence-corrected chi connectivity index (χ2v) is 23.6. The molecule has 6 heterocycles. The third kappa shape index (κ3) is 10.8. The predicted octanol–water partition coefficient (Wildman–Crippen LogP) is 8.23. The summed E-state index contributed by atoms with van der Waals surface area (Å²) in [4.78, 5) is 50.3. The Morgan fingerprint density at radius 2 is 1.60 bits per heavy atom. The van der Waals surface area contributed by atoms with Crippen molar-refractivity contribution in [1.29, 1.82) is 0 Å². The molecule has 0 saturated carbocycles. The second-order valence-electron chi connectivity index (χ2n) is 18.6. The molecule has 1 atom stereocenters. The van der Waals surface area contributed by atoms with Crippen molar-refractivity contribution < 1.29 is 27.7 Å². The average Bonchev–Trinajstić information content (AvgIpc) is 3.95. The van der Waals surface area contributed by atoms with Gasteiger partial charge in [-0.1, -0.05) is 35.7 Å². The number of carbonyl (C=O) groups is 2. The average molecular weight is 1010 g/mol. The van der Waals surface area contributed by atoms with Gasteiger partial charge in [-0.25, -0.2) is 4.89 Å². The van der Waals surface area contributed by atoms with Crippen molar-refractivity contribution >= 4 is 75.5 Å². The van der Waals surface area contributed by atoms with E-state index >= 15 is 0 Å². The van der Waals surface area contributed by atoms with Crippen molar-refractivity contribution in [2.45, 2.75) is 64.8 Å². The van der Waals surface area contributed by atoms with Crippen LogP contribution in [-0.4, -0.2) is 134 Å². The summed E-state index contributed by atoms with van der Waals surface area (Å²) in [5.74, 6) is 7.26. The number of thiophene rings is 1. The van der Waals surface area contributed by atoms with Crippen LogP contribution in [0.3, 0.4) is 0 Å². The van der Waals surface area contributed by atoms with Crippen molar-refractivity contribution in [3.8, 4) is 16.8 Å². The van der Waals surface area contributed by atoms with Gasteiger partial charge in [-0.05, 0) is 99.7 Å². The molecule has 0 radical (unpaired) electrons. The van der Waals surface area contributed by atoms with E-state index in [0.717, 1.165) is 62.7 Å². The minimum Gasteiger partial charge on any atom is -0.382 e. The molecule has 0 aliphatic carbocycles. The Morgan fingerprint density at radius 1 is 0.914 bits per heavy atom. The Hall–Kier alpha value is -5.76. The number of fused-ring (bicyclic) bond motifs is 4. The summed E-state index contributed by atoms with van der Waals surface area (Å²) in [5.41, 5.74) is 6.06. The van der Waals surface area contributed by atoms with Crippen LogP contribution in [0.2, 0.25) is 5.02 Å². The monoisotopic (exact) mass is 1010 g/mol. The molecule has 3 N–H and O–H groups in total. The lowest BCUT2D eigenvalue weighted by molar-refractivity contribution is -0.140. The van der Waals surface area contributed by atoms with E-state index in [-0.39, 0.29) is 43.1 Å². The van der Waals surface area contributed by atoms with Crippen LogP contribution in [0.25, 0.3) is 15.9 Å². The molecule has 2 fully saturated rings. The highest BCUT2D eigenvalue weighted by Gasteiger charge is 2.35. The number of halogens is 4. The van der Waals surface area contributed by atoms with Gasteiger partial charge in [0.1, 0.15) is 28.7 Å². The van der Waals surface area contributed by atoms with Gasteiger partial charge < -0.3 is 25.0 Å². The van der Waals surface area contributed by atoms with Crippen LogP contribution in [0.1, 0.15) is 64.2 Å². The third-order valence-corrected chi connectivity index (χ3v) is 16.4. The number of nitrogens with zero attached hydrogens (tertiary/aromatic N) is 8. The second kappa shape index (κ2) is 20.2. The van der Waals surface area contributed by atoms with Crippen LogP contribution < -0.4 is 15.9 Å². The summed E-state index contributed by atoms with van der Waals surface area (Å²) in [6, 6.07) is 21.6. The number of likely N-dealkylation sites (tertiary alicyclic amines) is 1. The van der Waals surface area contributed by atoms with E-state index in [4.69, 9.17) is 16.6 Å². The minimum atomic E-state index is -4.45. The summed E-state index contributed by atoms with van der Waals surface area (Å²) in [7, 11) is -2.14. The molecule has 0 spiro atoms. The number of rotatable bonds is 11. The van der Waals surface area contributed by atoms with Crippen molar-refractivity contribution in [1.82, 2.24) is 34.0 Å². The van der Waals surface area contributed by atoms with Gasteiger partial charge >= 0.3 is 6.18 Å². The van der Waals surface area contributed by atoms with Crippen molar-refractivity contribution in [2.75, 3.05) is 76.3 Å². The molecule has 70 heavy (non-hydrogen) atoms. The minimum absolute atomic E-state index is 0.0179. The Bertz CT molecular complexity index is 3010. The Labute approximate surface area is 415 Å². The van der Waals surface area contributed by atoms with Gasteiger partial charge in [0.25, 0.3) is 0 Å². The number of hydrogen-bond donors (Lipinski definition) is 3. The number of anilines is 2. The van der Waals surface area contributed by atoms with Crippen molar-refractivity contribution in [3.05, 3.63) is 117 Å². The zero-order valence-electron chi connectivity index (χ0n) is 39.8. The van der Waals surface area contributed by atoms with Crippen LogP contribution in [0, 0.1) is 32.6 Å². The Kier molecular flexibility index (Phi) is 14.2. The topological polar surface area (TPSA) is 136 Å². The summed E-state index contributed by atoms with van der Waals surface area (Å²) >= 11 is 7.94. The zero-order valence-corrected chi connectivity index (χ0v) is 42.2. The molecule has 2 amide bonds. The molecule has 366 valence electrons. The molecule has 2 saturated heterocycles. The predicted molar refractivity (Wildman–Crippen MR) is 275 cm³/mol. The lowest BCUT2D eigenvalue weighted by Gasteiger charge is -2.37. The molecule has 0 unspecified atom stereocenters. The van der Waals surface area contributed by atoms with Gasteiger partial charge in [-0.3, -0.25) is 24.0 Å². The quantitative estimate of drug-likeness (QED) is 0.0874. The number of aryl methyl sites for hydroxylation is 2. The fourth-order valence-electron chi connectivity index (χ4n) is 9.47. The molecule has 9 rings (SSSR count). The van der Waals surface area contributed by atoms with Crippen molar-refractivity contribution in [2.24, 2.45) is 4.99 Å². The maximum absolute atomic E-state index is 14.1. The highest BCUT2D eigenvalue weighted by Crippen LogP contribution is 2.44. The number of piperazine rings is 1. The molecule has 6 aromatic rings. The summed E-state index contributed by atoms with van der Waals surface area (Å²) in [5, 5.41) is 18.9. The third-order valence-electron chi connectivity index (χ3n) is 13.4. The SMILES string of the molecule is Cc1sc2c(c1C)C(c1ccc(Cl)cc1)=N[C@@H](CC(=O)N1CCN(C(=O)CN3CCC(Nc4cccc5c4cc(C#CCNc4ccc([P+](C)(C)O)cc4)n5CC(F)(F)F)CC3)CC1)c1nnc(C)n1-2. The maximum Gasteiger partial charge on any atom is 0.406 e. The smallest absolute Gasteiger partial charge is 0.382 e. The van der Waals surface area contributed by atoms with E-state index < -0.39 is 26.3 Å². The van der Waals surface area contributed by atoms with E-state index in [9.17, 15) is 27.7 Å². The lowest BCUT2D eigenvalue weighted by atomic mass is 9.99. The number of benzene rings is 3. The van der Waals surface area contributed by atoms with Crippen LogP contribution >= 0.6 is 30.4 Å². The largest absolute Gasteiger partial charge is 0.406 e. The molecular weight excluding hydrogens is 956 g/mol. The van der Waals surface area contributed by atoms with Gasteiger partial charge in [0, 0.05) is 83.1 Å². The number of hydrogen-bond acceptors (Lipinski definition) is 10. The molecule has 3 aliphatic heterocycles. The number of aliphatic imine (C=N–C) groups is 1. The standard InChI is InChI=1S/C51H56ClF3N10O3PS/c1-32-33(2)70-50-47(32)48(35-11-13-36(52)14-12-35)58-43(49-60-59-34(3)65(49)50)29-45(66)62-24-26-63(27-25-62)46(67)30-61-22-19-38(20-23-61)57-42-9-6-10-44-41(42)28-39(64(44)31-51(53,54)55)8-7-21-56-37-15-17-40(18-16-37)69(4,5)68/h6,9-18,28,38,43,56-57,68H,19-27,29-31H2,1-5H3/q+1/t43-/m0/s1. The fraction of sp³-hybridized carbons (Fsp3) is 0.392. The number of alkyl halides is 3. The van der Waals surface area contributed by atoms with Crippen LogP contribution in [0.5, 0.6) is 0 Å². The highest BCUT2D eigenvalue weighted by atomic mass is 35.5. The van der Waals surface area contributed by atoms with Crippen LogP contribution in [0.15, 0.2) is 77.8 Å². The molecule has 3 aromatic carbocycles. The molecule has 3 aromatic heterocycles. The van der Waals surface area contributed by atoms with Gasteiger partial charge in [0.15, 0.2) is 13.3 Å². The van der Waals surface area contributed by atoms with E-state index in [1.807, 2.05) is 89.2 Å². The first-order valence-electron chi connectivity index (χ1n) is 23.4. The highest BCUT2D eigenvalue weighted by molar-refractivity contribution is 7.76. The number of carbonyl (C=O) groups excluding carboxylic acids is 2. The van der Waals surface area contributed by atoms with E-state index in [1.165, 1.54) is 9.44 Å². The number of nitrogens with one attached hydrogen (secondary N) is 2. The molecule has 19 heteroatoms. The first-order valence-corrected chi connectivity index (χ1v) is 27.2. The summed E-state index contributed by atoms with van der Waals surface area (Å²) < 4.78 is 44.9. The summed E-state index contributed by atoms with van der Waals surface area (Å²) in [6.45, 7) is 12.1. The molecular formula is C51H56ClF3N10O3PS+. The van der Waals surface area contributed by atoms with Gasteiger partial charge in [0.05, 0.1) is 49.8 Å². The van der Waals surface area contributed by atoms with Gasteiger partial charge in [-0.15, -0.1) is 21.5 Å². The molecule has 3 aliphatic rings. The van der Waals surface area contributed by atoms with E-state index in [1.54, 1.807) is 29.5 Å². The Balaban J connectivity index is 0.792. The van der Waals surface area contributed by atoms with Gasteiger partial charge in [-0.2, -0.15) is 13.2 Å². The zero-order chi connectivity index (χ0) is 49.5. The van der Waals surface area contributed by atoms with Crippen LogP contribution in [0.4, 0.5) is 24.5 Å². The Morgan fingerprint density at radius 3 is 2.27 bits per heavy atom. The van der Waals surface area contributed by atoms with Crippen LogP contribution in [-0.2, 0) is 16.1 Å². The maximum atomic E-state index is 14.1. The first-order chi connectivity index (χ1) is 33.4. The van der Waals surface area contributed by atoms with E-state index in [0.29, 0.717) is 61.0 Å². The number of amides is 2.